The van der Waals surface area contributed by atoms with Gasteiger partial charge in [0.25, 0.3) is 0 Å². The fourth-order valence-corrected chi connectivity index (χ4v) is 6.33. The summed E-state index contributed by atoms with van der Waals surface area (Å²) in [6.07, 6.45) is 6.15. The first-order valence-corrected chi connectivity index (χ1v) is 13.5. The second-order valence-corrected chi connectivity index (χ2v) is 10.9. The number of hydrogen-bond acceptors (Lipinski definition) is 8. The average Bonchev–Trinajstić information content (AvgIpc) is 3.47. The van der Waals surface area contributed by atoms with E-state index in [2.05, 4.69) is 25.2 Å². The molecule has 0 amide bonds. The number of piperazine rings is 1. The van der Waals surface area contributed by atoms with Gasteiger partial charge in [0.05, 0.1) is 65.7 Å². The van der Waals surface area contributed by atoms with Crippen molar-refractivity contribution < 1.29 is 14.2 Å². The molecule has 1 saturated carbocycles. The largest absolute Gasteiger partial charge is 0.389 e. The van der Waals surface area contributed by atoms with Crippen molar-refractivity contribution in [1.29, 1.82) is 0 Å². The Labute approximate surface area is 224 Å². The van der Waals surface area contributed by atoms with Gasteiger partial charge in [-0.25, -0.2) is 14.6 Å². The van der Waals surface area contributed by atoms with Crippen LogP contribution in [0.3, 0.4) is 0 Å². The fourth-order valence-electron chi connectivity index (χ4n) is 5.71. The lowest BCUT2D eigenvalue weighted by Gasteiger charge is -2.42. The zero-order chi connectivity index (χ0) is 25.6. The molecule has 2 atom stereocenters. The Kier molecular flexibility index (Phi) is 6.87. The van der Waals surface area contributed by atoms with E-state index in [1.54, 1.807) is 17.1 Å². The van der Waals surface area contributed by atoms with Gasteiger partial charge in [-0.2, -0.15) is 5.10 Å². The van der Waals surface area contributed by atoms with Crippen molar-refractivity contribution in [3.05, 3.63) is 34.7 Å². The molecule has 0 radical (unpaired) electrons. The molecule has 3 aliphatic rings. The fraction of sp³-hybridized carbons (Fsp3) is 0.560. The van der Waals surface area contributed by atoms with Crippen LogP contribution in [0.25, 0.3) is 10.9 Å². The number of halogens is 3. The molecule has 1 aliphatic carbocycles. The van der Waals surface area contributed by atoms with Gasteiger partial charge in [-0.3, -0.25) is 9.29 Å². The summed E-state index contributed by atoms with van der Waals surface area (Å²) in [4.78, 5) is 13.7. The Morgan fingerprint density at radius 3 is 2.62 bits per heavy atom. The van der Waals surface area contributed by atoms with Crippen molar-refractivity contribution in [2.24, 2.45) is 0 Å². The van der Waals surface area contributed by atoms with Gasteiger partial charge in [-0.05, 0) is 31.4 Å². The summed E-state index contributed by atoms with van der Waals surface area (Å²) >= 11 is 13.3. The lowest BCUT2D eigenvalue weighted by atomic mass is 9.75. The van der Waals surface area contributed by atoms with Gasteiger partial charge in [-0.15, -0.1) is 0 Å². The van der Waals surface area contributed by atoms with Gasteiger partial charge in [0.15, 0.2) is 5.15 Å². The number of aliphatic hydroxyl groups is 1. The SMILES string of the molecule is OC1COCC1N1CCN(c2cc3nc(Nc4cnn(C5(CCF)CCC5)c4Cl)ncc3cc2Cl)CC1. The molecule has 6 rings (SSSR count). The molecule has 37 heavy (non-hydrogen) atoms. The number of alkyl halides is 1. The molecule has 0 bridgehead atoms. The number of benzene rings is 1. The standard InChI is InChI=1S/C25H30Cl2FN7O2/c26-17-10-16-12-29-24(32-19-13-30-35(23(19)27)25(4-5-28)2-1-3-25)31-18(16)11-20(17)33-6-8-34(9-7-33)21-14-37-15-22(21)36/h10-13,21-22,36H,1-9,14-15H2,(H,29,31,32). The van der Waals surface area contributed by atoms with E-state index in [0.717, 1.165) is 62.0 Å². The molecule has 3 fully saturated rings. The third-order valence-corrected chi connectivity index (χ3v) is 8.71. The summed E-state index contributed by atoms with van der Waals surface area (Å²) in [6.45, 7) is 3.81. The van der Waals surface area contributed by atoms with Crippen LogP contribution in [0.15, 0.2) is 24.5 Å². The van der Waals surface area contributed by atoms with Crippen molar-refractivity contribution >= 4 is 51.4 Å². The van der Waals surface area contributed by atoms with E-state index in [9.17, 15) is 9.50 Å². The van der Waals surface area contributed by atoms with Crippen molar-refractivity contribution in [3.63, 3.8) is 0 Å². The molecule has 3 aromatic rings. The Balaban J connectivity index is 1.20. The van der Waals surface area contributed by atoms with Crippen LogP contribution in [-0.2, 0) is 10.3 Å². The molecule has 2 aliphatic heterocycles. The maximum absolute atomic E-state index is 13.2. The number of nitrogens with one attached hydrogen (secondary N) is 1. The highest BCUT2D eigenvalue weighted by molar-refractivity contribution is 6.34. The molecule has 12 heteroatoms. The lowest BCUT2D eigenvalue weighted by molar-refractivity contribution is 0.0785. The minimum atomic E-state index is -0.429. The van der Waals surface area contributed by atoms with Crippen LogP contribution in [-0.4, -0.2) is 88.0 Å². The average molecular weight is 550 g/mol. The Morgan fingerprint density at radius 2 is 1.95 bits per heavy atom. The zero-order valence-corrected chi connectivity index (χ0v) is 21.9. The molecule has 198 valence electrons. The first kappa shape index (κ1) is 25.1. The summed E-state index contributed by atoms with van der Waals surface area (Å²) < 4.78 is 20.3. The summed E-state index contributed by atoms with van der Waals surface area (Å²) in [5.41, 5.74) is 1.93. The Hall–Kier alpha value is -2.24. The summed E-state index contributed by atoms with van der Waals surface area (Å²) in [5.74, 6) is 0.399. The van der Waals surface area contributed by atoms with Crippen LogP contribution >= 0.6 is 23.2 Å². The van der Waals surface area contributed by atoms with Crippen molar-refractivity contribution in [2.75, 3.05) is 56.3 Å². The van der Waals surface area contributed by atoms with E-state index in [1.165, 1.54) is 0 Å². The first-order valence-electron chi connectivity index (χ1n) is 12.8. The summed E-state index contributed by atoms with van der Waals surface area (Å²) in [7, 11) is 0. The highest BCUT2D eigenvalue weighted by atomic mass is 35.5. The Bertz CT molecular complexity index is 1280. The van der Waals surface area contributed by atoms with Crippen molar-refractivity contribution in [3.8, 4) is 0 Å². The smallest absolute Gasteiger partial charge is 0.227 e. The number of aliphatic hydroxyl groups excluding tert-OH is 1. The van der Waals surface area contributed by atoms with Crippen LogP contribution in [0, 0.1) is 0 Å². The highest BCUT2D eigenvalue weighted by Gasteiger charge is 2.41. The Morgan fingerprint density at radius 1 is 1.14 bits per heavy atom. The lowest BCUT2D eigenvalue weighted by Crippen LogP contribution is -2.53. The van der Waals surface area contributed by atoms with E-state index in [0.29, 0.717) is 41.4 Å². The van der Waals surface area contributed by atoms with Gasteiger partial charge in [0.2, 0.25) is 5.95 Å². The van der Waals surface area contributed by atoms with Gasteiger partial charge < -0.3 is 20.1 Å². The van der Waals surface area contributed by atoms with Crippen LogP contribution in [0.4, 0.5) is 21.7 Å². The minimum absolute atomic E-state index is 0.0583. The van der Waals surface area contributed by atoms with Gasteiger partial charge in [-0.1, -0.05) is 23.2 Å². The van der Waals surface area contributed by atoms with Crippen molar-refractivity contribution in [2.45, 2.75) is 43.4 Å². The molecule has 1 aromatic carbocycles. The second kappa shape index (κ2) is 10.1. The molecular weight excluding hydrogens is 520 g/mol. The van der Waals surface area contributed by atoms with Crippen LogP contribution in [0.1, 0.15) is 25.7 Å². The monoisotopic (exact) mass is 549 g/mol. The van der Waals surface area contributed by atoms with Crippen molar-refractivity contribution in [1.82, 2.24) is 24.6 Å². The van der Waals surface area contributed by atoms with Gasteiger partial charge in [0.1, 0.15) is 0 Å². The zero-order valence-electron chi connectivity index (χ0n) is 20.4. The van der Waals surface area contributed by atoms with E-state index < -0.39 is 12.8 Å². The van der Waals surface area contributed by atoms with Crippen LogP contribution in [0.5, 0.6) is 0 Å². The predicted octanol–water partition coefficient (Wildman–Crippen LogP) is 4.00. The number of aromatic nitrogens is 4. The topological polar surface area (TPSA) is 91.6 Å². The quantitative estimate of drug-likeness (QED) is 0.457. The molecule has 4 heterocycles. The highest BCUT2D eigenvalue weighted by Crippen LogP contribution is 2.45. The normalized spacial score (nSPS) is 23.9. The number of ether oxygens (including phenoxy) is 1. The number of hydrogen-bond donors (Lipinski definition) is 2. The minimum Gasteiger partial charge on any atom is -0.389 e. The number of nitrogens with zero attached hydrogens (tertiary/aromatic N) is 6. The predicted molar refractivity (Wildman–Crippen MR) is 142 cm³/mol. The molecule has 2 aromatic heterocycles. The summed E-state index contributed by atoms with van der Waals surface area (Å²) in [5, 5.41) is 19.7. The molecule has 2 N–H and O–H groups in total. The van der Waals surface area contributed by atoms with E-state index in [1.807, 2.05) is 12.1 Å². The first-order chi connectivity index (χ1) is 18.0. The molecule has 9 nitrogen and oxygen atoms in total. The van der Waals surface area contributed by atoms with Crippen LogP contribution in [0.2, 0.25) is 10.2 Å². The molecule has 2 unspecified atom stereocenters. The van der Waals surface area contributed by atoms with Gasteiger partial charge >= 0.3 is 0 Å². The molecule has 0 spiro atoms. The third kappa shape index (κ3) is 4.63. The van der Waals surface area contributed by atoms with Gasteiger partial charge in [0, 0.05) is 44.2 Å². The second-order valence-electron chi connectivity index (χ2n) is 10.2. The summed E-state index contributed by atoms with van der Waals surface area (Å²) in [6, 6.07) is 3.94. The number of rotatable bonds is 7. The number of anilines is 3. The maximum Gasteiger partial charge on any atom is 0.227 e. The van der Waals surface area contributed by atoms with E-state index in [4.69, 9.17) is 32.9 Å². The van der Waals surface area contributed by atoms with E-state index in [-0.39, 0.29) is 11.6 Å². The number of fused-ring (bicyclic) bond motifs is 1. The van der Waals surface area contributed by atoms with Crippen LogP contribution < -0.4 is 10.2 Å². The molecular formula is C25H30Cl2FN7O2. The maximum atomic E-state index is 13.2. The molecule has 2 saturated heterocycles. The van der Waals surface area contributed by atoms with E-state index >= 15 is 0 Å². The third-order valence-electron chi connectivity index (χ3n) is 8.04.